The van der Waals surface area contributed by atoms with E-state index in [1.165, 1.54) is 17.8 Å². The van der Waals surface area contributed by atoms with Gasteiger partial charge in [-0.2, -0.15) is 9.78 Å². The molecule has 0 aliphatic carbocycles. The predicted molar refractivity (Wildman–Crippen MR) is 123 cm³/mol. The zero-order chi connectivity index (χ0) is 22.8. The van der Waals surface area contributed by atoms with Gasteiger partial charge in [0.15, 0.2) is 5.82 Å². The molecule has 0 saturated heterocycles. The molecular formula is C23H17N5O4S. The Morgan fingerprint density at radius 2 is 1.85 bits per heavy atom. The summed E-state index contributed by atoms with van der Waals surface area (Å²) in [6, 6.07) is 20.2. The summed E-state index contributed by atoms with van der Waals surface area (Å²) >= 11 is 1.26. The maximum atomic E-state index is 11.1. The highest BCUT2D eigenvalue weighted by atomic mass is 32.2. The molecule has 5 rings (SSSR count). The Labute approximate surface area is 192 Å². The van der Waals surface area contributed by atoms with Crippen LogP contribution in [0.2, 0.25) is 0 Å². The molecule has 4 aromatic rings. The number of nitro groups is 1. The average Bonchev–Trinajstić information content (AvgIpc) is 3.42. The molecule has 0 spiro atoms. The topological polar surface area (TPSA) is 109 Å². The minimum atomic E-state index is -0.568. The molecule has 1 aliphatic heterocycles. The van der Waals surface area contributed by atoms with Crippen LogP contribution in [0.15, 0.2) is 87.5 Å². The second kappa shape index (κ2) is 8.75. The van der Waals surface area contributed by atoms with Gasteiger partial charge in [0.2, 0.25) is 5.16 Å². The molecule has 0 saturated carbocycles. The first kappa shape index (κ1) is 20.7. The third-order valence-electron chi connectivity index (χ3n) is 4.89. The van der Waals surface area contributed by atoms with Gasteiger partial charge < -0.3 is 9.15 Å². The molecule has 0 amide bonds. The van der Waals surface area contributed by atoms with Crippen LogP contribution < -0.4 is 4.74 Å². The maximum Gasteiger partial charge on any atom is 0.433 e. The van der Waals surface area contributed by atoms with E-state index in [4.69, 9.17) is 14.3 Å². The summed E-state index contributed by atoms with van der Waals surface area (Å²) in [4.78, 5) is 11.1. The van der Waals surface area contributed by atoms with E-state index in [1.807, 2.05) is 67.6 Å². The van der Waals surface area contributed by atoms with Gasteiger partial charge >= 0.3 is 5.88 Å². The van der Waals surface area contributed by atoms with Gasteiger partial charge in [-0.25, -0.2) is 0 Å². The van der Waals surface area contributed by atoms with Crippen molar-refractivity contribution in [2.75, 3.05) is 0 Å². The number of thioether (sulfide) groups is 1. The van der Waals surface area contributed by atoms with E-state index < -0.39 is 4.92 Å². The van der Waals surface area contributed by atoms with E-state index in [9.17, 15) is 10.1 Å². The summed E-state index contributed by atoms with van der Waals surface area (Å²) in [6.07, 6.45) is 1.82. The highest BCUT2D eigenvalue weighted by molar-refractivity contribution is 8.08. The van der Waals surface area contributed by atoms with Gasteiger partial charge in [0, 0.05) is 5.56 Å². The summed E-state index contributed by atoms with van der Waals surface area (Å²) in [7, 11) is 0. The molecule has 0 radical (unpaired) electrons. The fraction of sp³-hybridized carbons (Fsp3) is 0.0870. The lowest BCUT2D eigenvalue weighted by atomic mass is 10.1. The quantitative estimate of drug-likeness (QED) is 0.293. The van der Waals surface area contributed by atoms with E-state index in [0.29, 0.717) is 27.4 Å². The maximum absolute atomic E-state index is 11.1. The van der Waals surface area contributed by atoms with Crippen LogP contribution in [-0.4, -0.2) is 25.5 Å². The summed E-state index contributed by atoms with van der Waals surface area (Å²) < 4.78 is 13.0. The molecule has 10 heteroatoms. The van der Waals surface area contributed by atoms with Crippen molar-refractivity contribution < 1.29 is 14.1 Å². The van der Waals surface area contributed by atoms with Crippen LogP contribution >= 0.6 is 11.8 Å². The Balaban J connectivity index is 1.53. The molecule has 2 aromatic heterocycles. The molecule has 0 unspecified atom stereocenters. The third kappa shape index (κ3) is 4.28. The summed E-state index contributed by atoms with van der Waals surface area (Å²) in [6.45, 7) is 2.14. The standard InChI is InChI=1S/C23H17N5O4S/c1-15-7-5-6-10-18(15)31-14-21-24-25-23-27(21)26-17(16-8-3-2-4-9-16)13-20(33-23)19-11-12-22(32-19)28(29)30/h2-13H,14H2,1H3. The molecule has 164 valence electrons. The number of fused-ring (bicyclic) bond motifs is 1. The van der Waals surface area contributed by atoms with Crippen LogP contribution in [-0.2, 0) is 6.61 Å². The summed E-state index contributed by atoms with van der Waals surface area (Å²) in [5.74, 6) is 1.30. The van der Waals surface area contributed by atoms with Crippen molar-refractivity contribution in [1.82, 2.24) is 14.9 Å². The van der Waals surface area contributed by atoms with Crippen molar-refractivity contribution in [3.63, 3.8) is 0 Å². The van der Waals surface area contributed by atoms with Crippen LogP contribution in [0.3, 0.4) is 0 Å². The Hall–Kier alpha value is -4.18. The van der Waals surface area contributed by atoms with Gasteiger partial charge in [-0.3, -0.25) is 10.1 Å². The Morgan fingerprint density at radius 1 is 1.06 bits per heavy atom. The number of furan rings is 1. The Bertz CT molecular complexity index is 1390. The monoisotopic (exact) mass is 459 g/mol. The summed E-state index contributed by atoms with van der Waals surface area (Å²) in [5.41, 5.74) is 2.51. The molecule has 2 aromatic carbocycles. The zero-order valence-corrected chi connectivity index (χ0v) is 18.2. The third-order valence-corrected chi connectivity index (χ3v) is 5.86. The molecule has 1 aliphatic rings. The number of hydrogen-bond acceptors (Lipinski definition) is 8. The van der Waals surface area contributed by atoms with E-state index in [1.54, 1.807) is 10.7 Å². The normalized spacial score (nSPS) is 13.0. The molecule has 33 heavy (non-hydrogen) atoms. The van der Waals surface area contributed by atoms with Crippen LogP contribution in [0.25, 0.3) is 4.91 Å². The molecule has 0 atom stereocenters. The molecule has 3 heterocycles. The highest BCUT2D eigenvalue weighted by Gasteiger charge is 2.23. The average molecular weight is 459 g/mol. The minimum Gasteiger partial charge on any atom is -0.485 e. The van der Waals surface area contributed by atoms with Crippen molar-refractivity contribution in [3.05, 3.63) is 106 Å². The van der Waals surface area contributed by atoms with E-state index in [0.717, 1.165) is 16.9 Å². The second-order valence-electron chi connectivity index (χ2n) is 7.12. The number of para-hydroxylation sites is 1. The van der Waals surface area contributed by atoms with Gasteiger partial charge in [-0.15, -0.1) is 10.2 Å². The van der Waals surface area contributed by atoms with Gasteiger partial charge in [0.25, 0.3) is 0 Å². The molecular weight excluding hydrogens is 442 g/mol. The van der Waals surface area contributed by atoms with Gasteiger partial charge in [-0.1, -0.05) is 48.5 Å². The SMILES string of the molecule is Cc1ccccc1OCc1nnc2n1N=C(c1ccccc1)C=C(c1ccc([N+](=O)[O-])o1)S2. The van der Waals surface area contributed by atoms with Crippen LogP contribution in [0.5, 0.6) is 5.75 Å². The Kier molecular flexibility index (Phi) is 5.49. The lowest BCUT2D eigenvalue weighted by Gasteiger charge is -2.08. The van der Waals surface area contributed by atoms with Crippen molar-refractivity contribution in [3.8, 4) is 5.75 Å². The minimum absolute atomic E-state index is 0.172. The first-order valence-corrected chi connectivity index (χ1v) is 10.8. The number of aryl methyl sites for hydroxylation is 1. The highest BCUT2D eigenvalue weighted by Crippen LogP contribution is 2.38. The molecule has 9 nitrogen and oxygen atoms in total. The first-order chi connectivity index (χ1) is 16.1. The van der Waals surface area contributed by atoms with Crippen LogP contribution in [0.1, 0.15) is 22.7 Å². The van der Waals surface area contributed by atoms with Gasteiger partial charge in [0.1, 0.15) is 23.0 Å². The fourth-order valence-electron chi connectivity index (χ4n) is 3.23. The number of rotatable bonds is 6. The number of allylic oxidation sites excluding steroid dienone is 1. The van der Waals surface area contributed by atoms with Crippen LogP contribution in [0, 0.1) is 17.0 Å². The van der Waals surface area contributed by atoms with Gasteiger partial charge in [-0.05, 0) is 42.5 Å². The molecule has 0 bridgehead atoms. The fourth-order valence-corrected chi connectivity index (χ4v) is 4.12. The predicted octanol–water partition coefficient (Wildman–Crippen LogP) is 5.07. The molecule has 0 N–H and O–H groups in total. The van der Waals surface area contributed by atoms with E-state index in [2.05, 4.69) is 10.2 Å². The lowest BCUT2D eigenvalue weighted by molar-refractivity contribution is -0.402. The Morgan fingerprint density at radius 3 is 2.61 bits per heavy atom. The summed E-state index contributed by atoms with van der Waals surface area (Å²) in [5, 5.41) is 24.9. The number of hydrogen-bond donors (Lipinski definition) is 0. The van der Waals surface area contributed by atoms with Crippen molar-refractivity contribution >= 4 is 28.3 Å². The number of benzene rings is 2. The first-order valence-electron chi connectivity index (χ1n) is 10.00. The van der Waals surface area contributed by atoms with Crippen LogP contribution in [0.4, 0.5) is 5.88 Å². The number of aromatic nitrogens is 3. The van der Waals surface area contributed by atoms with Crippen molar-refractivity contribution in [1.29, 1.82) is 0 Å². The van der Waals surface area contributed by atoms with Gasteiger partial charge in [0.05, 0.1) is 16.7 Å². The number of ether oxygens (including phenoxy) is 1. The smallest absolute Gasteiger partial charge is 0.433 e. The lowest BCUT2D eigenvalue weighted by Crippen LogP contribution is -2.07. The number of nitrogens with zero attached hydrogens (tertiary/aromatic N) is 5. The largest absolute Gasteiger partial charge is 0.485 e. The van der Waals surface area contributed by atoms with E-state index >= 15 is 0 Å². The van der Waals surface area contributed by atoms with E-state index in [-0.39, 0.29) is 12.5 Å². The van der Waals surface area contributed by atoms with Crippen molar-refractivity contribution in [2.24, 2.45) is 5.10 Å². The zero-order valence-electron chi connectivity index (χ0n) is 17.4. The second-order valence-corrected chi connectivity index (χ2v) is 8.13. The molecule has 0 fully saturated rings. The van der Waals surface area contributed by atoms with Crippen molar-refractivity contribution in [2.45, 2.75) is 18.7 Å².